The van der Waals surface area contributed by atoms with Gasteiger partial charge in [0.1, 0.15) is 5.75 Å². The lowest BCUT2D eigenvalue weighted by Gasteiger charge is -2.26. The van der Waals surface area contributed by atoms with Crippen LogP contribution in [0.4, 0.5) is 0 Å². The first-order valence-corrected chi connectivity index (χ1v) is 9.69. The van der Waals surface area contributed by atoms with Gasteiger partial charge >= 0.3 is 0 Å². The number of hydrogen-bond donors (Lipinski definition) is 2. The van der Waals surface area contributed by atoms with Crippen LogP contribution in [0.15, 0.2) is 16.6 Å². The van der Waals surface area contributed by atoms with E-state index in [1.807, 2.05) is 0 Å². The summed E-state index contributed by atoms with van der Waals surface area (Å²) < 4.78 is 6.97. The average Bonchev–Trinajstić information content (AvgIpc) is 2.96. The lowest BCUT2D eigenvalue weighted by Crippen LogP contribution is -2.38. The van der Waals surface area contributed by atoms with Gasteiger partial charge < -0.3 is 4.74 Å². The Kier molecular flexibility index (Phi) is 5.49. The van der Waals surface area contributed by atoms with Gasteiger partial charge in [0.15, 0.2) is 0 Å². The van der Waals surface area contributed by atoms with Gasteiger partial charge in [0, 0.05) is 16.9 Å². The van der Waals surface area contributed by atoms with Crippen LogP contribution < -0.4 is 16.0 Å². The van der Waals surface area contributed by atoms with E-state index in [1.54, 1.807) is 0 Å². The minimum atomic E-state index is 0.334. The van der Waals surface area contributed by atoms with Crippen molar-refractivity contribution in [3.05, 3.63) is 27.7 Å². The molecule has 0 saturated carbocycles. The summed E-state index contributed by atoms with van der Waals surface area (Å²) in [6, 6.07) is 4.70. The van der Waals surface area contributed by atoms with Crippen LogP contribution in [0.3, 0.4) is 0 Å². The van der Waals surface area contributed by atoms with E-state index < -0.39 is 0 Å². The van der Waals surface area contributed by atoms with Crippen LogP contribution in [0.2, 0.25) is 0 Å². The first kappa shape index (κ1) is 15.7. The Morgan fingerprint density at radius 3 is 2.95 bits per heavy atom. The molecule has 1 aromatic rings. The molecule has 2 aliphatic heterocycles. The second-order valence-corrected chi connectivity index (χ2v) is 8.15. The summed E-state index contributed by atoms with van der Waals surface area (Å²) in [5.74, 6) is 10.3. The quantitative estimate of drug-likeness (QED) is 0.616. The zero-order valence-electron chi connectivity index (χ0n) is 12.2. The fraction of sp³-hybridized carbons (Fsp3) is 0.625. The smallest absolute Gasteiger partial charge is 0.125 e. The number of nitrogens with one attached hydrogen (secondary N) is 1. The molecule has 21 heavy (non-hydrogen) atoms. The van der Waals surface area contributed by atoms with E-state index in [0.717, 1.165) is 35.6 Å². The third kappa shape index (κ3) is 3.95. The van der Waals surface area contributed by atoms with Crippen LogP contribution in [0.1, 0.15) is 30.4 Å². The Morgan fingerprint density at radius 1 is 1.38 bits per heavy atom. The van der Waals surface area contributed by atoms with E-state index in [2.05, 4.69) is 45.3 Å². The van der Waals surface area contributed by atoms with Crippen molar-refractivity contribution in [2.24, 2.45) is 11.8 Å². The first-order chi connectivity index (χ1) is 10.3. The summed E-state index contributed by atoms with van der Waals surface area (Å²) in [4.78, 5) is 0. The molecule has 0 spiro atoms. The van der Waals surface area contributed by atoms with Crippen LogP contribution >= 0.6 is 27.7 Å². The maximum absolute atomic E-state index is 5.83. The summed E-state index contributed by atoms with van der Waals surface area (Å²) in [7, 11) is 0. The maximum Gasteiger partial charge on any atom is 0.125 e. The number of rotatable bonds is 5. The van der Waals surface area contributed by atoms with Gasteiger partial charge in [-0.2, -0.15) is 11.8 Å². The highest BCUT2D eigenvalue weighted by atomic mass is 79.9. The summed E-state index contributed by atoms with van der Waals surface area (Å²) in [6.07, 6.45) is 5.79. The fourth-order valence-corrected chi connectivity index (χ4v) is 5.11. The lowest BCUT2D eigenvalue weighted by atomic mass is 9.91. The van der Waals surface area contributed by atoms with E-state index >= 15 is 0 Å². The highest BCUT2D eigenvalue weighted by molar-refractivity contribution is 9.10. The molecule has 3 nitrogen and oxygen atoms in total. The predicted octanol–water partition coefficient (Wildman–Crippen LogP) is 3.29. The molecule has 0 radical (unpaired) electrons. The molecule has 3 N–H and O–H groups in total. The van der Waals surface area contributed by atoms with Gasteiger partial charge in [0.05, 0.1) is 6.61 Å². The van der Waals surface area contributed by atoms with E-state index in [1.165, 1.54) is 41.9 Å². The van der Waals surface area contributed by atoms with E-state index in [4.69, 9.17) is 10.6 Å². The maximum atomic E-state index is 5.83. The molecule has 2 aliphatic rings. The second kappa shape index (κ2) is 7.36. The topological polar surface area (TPSA) is 47.3 Å². The molecule has 3 rings (SSSR count). The number of thioether (sulfide) groups is 1. The fourth-order valence-electron chi connectivity index (χ4n) is 3.36. The Morgan fingerprint density at radius 2 is 2.19 bits per heavy atom. The molecule has 0 amide bonds. The SMILES string of the molecule is NNC(Cc1cc(Br)cc2c1OCC2)CC1CCSCC1. The summed E-state index contributed by atoms with van der Waals surface area (Å²) in [5, 5.41) is 0. The number of hydrazine groups is 1. The third-order valence-electron chi connectivity index (χ3n) is 4.49. The number of nitrogens with two attached hydrogens (primary N) is 1. The zero-order chi connectivity index (χ0) is 14.7. The average molecular weight is 371 g/mol. The summed E-state index contributed by atoms with van der Waals surface area (Å²) >= 11 is 5.69. The minimum Gasteiger partial charge on any atom is -0.493 e. The predicted molar refractivity (Wildman–Crippen MR) is 92.8 cm³/mol. The van der Waals surface area contributed by atoms with Gasteiger partial charge in [0.25, 0.3) is 0 Å². The molecular weight excluding hydrogens is 348 g/mol. The molecule has 1 saturated heterocycles. The van der Waals surface area contributed by atoms with Crippen molar-refractivity contribution in [1.29, 1.82) is 0 Å². The number of ether oxygens (including phenoxy) is 1. The monoisotopic (exact) mass is 370 g/mol. The summed E-state index contributed by atoms with van der Waals surface area (Å²) in [5.41, 5.74) is 5.64. The molecule has 1 fully saturated rings. The standard InChI is InChI=1S/C16H23BrN2OS/c17-14-8-12-1-4-20-16(12)13(9-14)10-15(19-18)7-11-2-5-21-6-3-11/h8-9,11,15,19H,1-7,10,18H2. The van der Waals surface area contributed by atoms with Crippen LogP contribution in [0.5, 0.6) is 5.75 Å². The van der Waals surface area contributed by atoms with Gasteiger partial charge in [-0.3, -0.25) is 11.3 Å². The van der Waals surface area contributed by atoms with Crippen LogP contribution in [-0.2, 0) is 12.8 Å². The third-order valence-corrected chi connectivity index (χ3v) is 5.99. The molecular formula is C16H23BrN2OS. The largest absolute Gasteiger partial charge is 0.493 e. The van der Waals surface area contributed by atoms with Crippen molar-refractivity contribution in [3.63, 3.8) is 0 Å². The molecule has 0 aromatic heterocycles. The highest BCUT2D eigenvalue weighted by Gasteiger charge is 2.22. The van der Waals surface area contributed by atoms with Crippen LogP contribution in [0.25, 0.3) is 0 Å². The normalized spacial score (nSPS) is 20.1. The van der Waals surface area contributed by atoms with Gasteiger partial charge in [0.2, 0.25) is 0 Å². The number of benzene rings is 1. The van der Waals surface area contributed by atoms with Gasteiger partial charge in [-0.1, -0.05) is 15.9 Å². The number of halogens is 1. The molecule has 116 valence electrons. The molecule has 0 aliphatic carbocycles. The minimum absolute atomic E-state index is 0.334. The van der Waals surface area contributed by atoms with E-state index in [9.17, 15) is 0 Å². The van der Waals surface area contributed by atoms with E-state index in [0.29, 0.717) is 6.04 Å². The number of hydrogen-bond acceptors (Lipinski definition) is 4. The zero-order valence-corrected chi connectivity index (χ0v) is 14.6. The highest BCUT2D eigenvalue weighted by Crippen LogP contribution is 2.34. The van der Waals surface area contributed by atoms with E-state index in [-0.39, 0.29) is 0 Å². The van der Waals surface area contributed by atoms with Crippen molar-refractivity contribution in [2.45, 2.75) is 38.1 Å². The Balaban J connectivity index is 1.69. The van der Waals surface area contributed by atoms with Crippen molar-refractivity contribution >= 4 is 27.7 Å². The molecule has 1 aromatic carbocycles. The molecule has 1 unspecified atom stereocenters. The summed E-state index contributed by atoms with van der Waals surface area (Å²) in [6.45, 7) is 0.805. The number of fused-ring (bicyclic) bond motifs is 1. The van der Waals surface area contributed by atoms with Gasteiger partial charge in [-0.25, -0.2) is 0 Å². The van der Waals surface area contributed by atoms with Crippen molar-refractivity contribution < 1.29 is 4.74 Å². The van der Waals surface area contributed by atoms with Crippen molar-refractivity contribution in [1.82, 2.24) is 5.43 Å². The van der Waals surface area contributed by atoms with Crippen molar-refractivity contribution in [2.75, 3.05) is 18.1 Å². The Labute approximate surface area is 139 Å². The second-order valence-electron chi connectivity index (χ2n) is 6.01. The molecule has 1 atom stereocenters. The van der Waals surface area contributed by atoms with Crippen LogP contribution in [-0.4, -0.2) is 24.2 Å². The van der Waals surface area contributed by atoms with Crippen molar-refractivity contribution in [3.8, 4) is 5.75 Å². The molecule has 0 bridgehead atoms. The first-order valence-electron chi connectivity index (χ1n) is 7.74. The lowest BCUT2D eigenvalue weighted by molar-refractivity contribution is 0.342. The Hall–Kier alpha value is -0.230. The molecule has 2 heterocycles. The molecule has 5 heteroatoms. The van der Waals surface area contributed by atoms with Gasteiger partial charge in [-0.05, 0) is 66.4 Å². The van der Waals surface area contributed by atoms with Gasteiger partial charge in [-0.15, -0.1) is 0 Å². The Bertz CT molecular complexity index is 491. The van der Waals surface area contributed by atoms with Crippen LogP contribution in [0, 0.1) is 5.92 Å².